The quantitative estimate of drug-likeness (QED) is 0.639. The highest BCUT2D eigenvalue weighted by Gasteiger charge is 2.14. The largest absolute Gasteiger partial charge is 0.469 e. The number of aliphatic hydroxyl groups is 1. The second kappa shape index (κ2) is 9.16. The van der Waals surface area contributed by atoms with Crippen LogP contribution in [0.25, 0.3) is 0 Å². The highest BCUT2D eigenvalue weighted by atomic mass is 32.1. The summed E-state index contributed by atoms with van der Waals surface area (Å²) in [6.45, 7) is 0.532. The summed E-state index contributed by atoms with van der Waals surface area (Å²) in [5, 5.41) is 8.66. The molecule has 21 heavy (non-hydrogen) atoms. The van der Waals surface area contributed by atoms with Crippen molar-refractivity contribution in [2.24, 2.45) is 0 Å². The van der Waals surface area contributed by atoms with Crippen LogP contribution in [0, 0.1) is 11.8 Å². The van der Waals surface area contributed by atoms with Gasteiger partial charge < -0.3 is 14.7 Å². The Morgan fingerprint density at radius 3 is 2.86 bits per heavy atom. The summed E-state index contributed by atoms with van der Waals surface area (Å²) in [5.74, 6) is 5.37. The van der Waals surface area contributed by atoms with E-state index in [4.69, 9.17) is 5.11 Å². The standard InChI is InChI=1S/C15H19NO4S/c1-16(10-5-7-14(18)20-2)15(19)13-9-8-12(21-13)6-3-4-11-17/h8-9,17H,4-5,7,10-11H2,1-2H3. The monoisotopic (exact) mass is 309 g/mol. The van der Waals surface area contributed by atoms with Gasteiger partial charge in [0.05, 0.1) is 23.5 Å². The van der Waals surface area contributed by atoms with Crippen molar-refractivity contribution in [3.05, 3.63) is 21.9 Å². The minimum absolute atomic E-state index is 0.0348. The van der Waals surface area contributed by atoms with Crippen molar-refractivity contribution < 1.29 is 19.4 Å². The van der Waals surface area contributed by atoms with Crippen LogP contribution in [0.1, 0.15) is 33.8 Å². The van der Waals surface area contributed by atoms with Crippen LogP contribution >= 0.6 is 11.3 Å². The molecule has 5 nitrogen and oxygen atoms in total. The number of rotatable bonds is 6. The number of thiophene rings is 1. The summed E-state index contributed by atoms with van der Waals surface area (Å²) < 4.78 is 4.55. The molecule has 1 rings (SSSR count). The third kappa shape index (κ3) is 5.98. The molecule has 6 heteroatoms. The second-order valence-corrected chi connectivity index (χ2v) is 5.43. The molecule has 0 spiro atoms. The maximum absolute atomic E-state index is 12.2. The van der Waals surface area contributed by atoms with Crippen molar-refractivity contribution in [1.82, 2.24) is 4.90 Å². The van der Waals surface area contributed by atoms with Gasteiger partial charge in [0, 0.05) is 26.4 Å². The van der Waals surface area contributed by atoms with E-state index in [2.05, 4.69) is 16.6 Å². The summed E-state index contributed by atoms with van der Waals surface area (Å²) >= 11 is 1.33. The zero-order valence-corrected chi connectivity index (χ0v) is 13.0. The van der Waals surface area contributed by atoms with Gasteiger partial charge in [0.2, 0.25) is 0 Å². The maximum atomic E-state index is 12.2. The molecule has 0 fully saturated rings. The normalized spacial score (nSPS) is 9.67. The highest BCUT2D eigenvalue weighted by molar-refractivity contribution is 7.14. The molecule has 114 valence electrons. The molecule has 0 unspecified atom stereocenters. The molecule has 1 aromatic heterocycles. The molecule has 0 aromatic carbocycles. The number of carbonyl (C=O) groups is 2. The van der Waals surface area contributed by atoms with Gasteiger partial charge in [0.1, 0.15) is 0 Å². The Balaban J connectivity index is 2.51. The predicted molar refractivity (Wildman–Crippen MR) is 81.1 cm³/mol. The van der Waals surface area contributed by atoms with Gasteiger partial charge in [-0.25, -0.2) is 0 Å². The van der Waals surface area contributed by atoms with Crippen LogP contribution in [0.5, 0.6) is 0 Å². The molecule has 0 atom stereocenters. The number of amides is 1. The van der Waals surface area contributed by atoms with Crippen molar-refractivity contribution in [3.63, 3.8) is 0 Å². The van der Waals surface area contributed by atoms with Crippen LogP contribution in [-0.2, 0) is 9.53 Å². The second-order valence-electron chi connectivity index (χ2n) is 4.35. The summed E-state index contributed by atoms with van der Waals surface area (Å²) in [6.07, 6.45) is 1.30. The number of carbonyl (C=O) groups excluding carboxylic acids is 2. The lowest BCUT2D eigenvalue weighted by atomic mass is 10.3. The van der Waals surface area contributed by atoms with E-state index >= 15 is 0 Å². The molecule has 0 aliphatic rings. The summed E-state index contributed by atoms with van der Waals surface area (Å²) in [4.78, 5) is 26.2. The molecule has 0 bridgehead atoms. The fourth-order valence-electron chi connectivity index (χ4n) is 1.58. The minimum atomic E-state index is -0.270. The van der Waals surface area contributed by atoms with Crippen LogP contribution in [-0.4, -0.2) is 49.2 Å². The Morgan fingerprint density at radius 2 is 2.19 bits per heavy atom. The molecular formula is C15H19NO4S. The Hall–Kier alpha value is -1.84. The number of esters is 1. The molecule has 1 heterocycles. The van der Waals surface area contributed by atoms with E-state index in [1.54, 1.807) is 24.1 Å². The molecule has 1 amide bonds. The smallest absolute Gasteiger partial charge is 0.305 e. The zero-order valence-electron chi connectivity index (χ0n) is 12.2. The van der Waals surface area contributed by atoms with E-state index in [1.807, 2.05) is 0 Å². The minimum Gasteiger partial charge on any atom is -0.469 e. The Kier molecular flexibility index (Phi) is 7.51. The van der Waals surface area contributed by atoms with Crippen LogP contribution < -0.4 is 0 Å². The predicted octanol–water partition coefficient (Wildman–Crippen LogP) is 1.51. The van der Waals surface area contributed by atoms with Crippen LogP contribution in [0.15, 0.2) is 12.1 Å². The van der Waals surface area contributed by atoms with Gasteiger partial charge >= 0.3 is 5.97 Å². The van der Waals surface area contributed by atoms with Crippen LogP contribution in [0.2, 0.25) is 0 Å². The SMILES string of the molecule is COC(=O)CCCN(C)C(=O)c1ccc(C#CCCO)s1. The maximum Gasteiger partial charge on any atom is 0.305 e. The number of hydrogen-bond donors (Lipinski definition) is 1. The molecule has 1 aromatic rings. The number of aliphatic hydroxyl groups excluding tert-OH is 1. The zero-order chi connectivity index (χ0) is 15.7. The fourth-order valence-corrected chi connectivity index (χ4v) is 2.45. The molecule has 0 radical (unpaired) electrons. The van der Waals surface area contributed by atoms with Crippen molar-refractivity contribution in [3.8, 4) is 11.8 Å². The van der Waals surface area contributed by atoms with Gasteiger partial charge in [0.15, 0.2) is 0 Å². The van der Waals surface area contributed by atoms with E-state index in [9.17, 15) is 9.59 Å². The van der Waals surface area contributed by atoms with E-state index in [0.29, 0.717) is 30.7 Å². The first-order valence-electron chi connectivity index (χ1n) is 6.60. The number of ether oxygens (including phenoxy) is 1. The topological polar surface area (TPSA) is 66.8 Å². The number of nitrogens with zero attached hydrogens (tertiary/aromatic N) is 1. The average molecular weight is 309 g/mol. The third-order valence-corrected chi connectivity index (χ3v) is 3.70. The van der Waals surface area contributed by atoms with Crippen molar-refractivity contribution in [2.45, 2.75) is 19.3 Å². The molecule has 0 saturated heterocycles. The first-order valence-corrected chi connectivity index (χ1v) is 7.42. The van der Waals surface area contributed by atoms with Gasteiger partial charge in [-0.15, -0.1) is 11.3 Å². The molecule has 0 aliphatic heterocycles. The average Bonchev–Trinajstić information content (AvgIpc) is 2.95. The summed E-state index contributed by atoms with van der Waals surface area (Å²) in [6, 6.07) is 3.54. The van der Waals surface area contributed by atoms with Gasteiger partial charge in [-0.3, -0.25) is 9.59 Å². The summed E-state index contributed by atoms with van der Waals surface area (Å²) in [5.41, 5.74) is 0. The molecular weight excluding hydrogens is 290 g/mol. The van der Waals surface area contributed by atoms with Gasteiger partial charge in [0.25, 0.3) is 5.91 Å². The number of hydrogen-bond acceptors (Lipinski definition) is 5. The lowest BCUT2D eigenvalue weighted by Crippen LogP contribution is -2.27. The van der Waals surface area contributed by atoms with Gasteiger partial charge in [-0.2, -0.15) is 0 Å². The Morgan fingerprint density at radius 1 is 1.43 bits per heavy atom. The van der Waals surface area contributed by atoms with Crippen LogP contribution in [0.3, 0.4) is 0 Å². The van der Waals surface area contributed by atoms with Gasteiger partial charge in [-0.05, 0) is 18.6 Å². The van der Waals surface area contributed by atoms with Crippen molar-refractivity contribution in [2.75, 3.05) is 27.3 Å². The Labute approximate surface area is 128 Å². The lowest BCUT2D eigenvalue weighted by Gasteiger charge is -2.15. The highest BCUT2D eigenvalue weighted by Crippen LogP contribution is 2.17. The van der Waals surface area contributed by atoms with Crippen molar-refractivity contribution >= 4 is 23.2 Å². The van der Waals surface area contributed by atoms with E-state index < -0.39 is 0 Å². The lowest BCUT2D eigenvalue weighted by molar-refractivity contribution is -0.140. The first kappa shape index (κ1) is 17.2. The Bertz CT molecular complexity index is 541. The summed E-state index contributed by atoms with van der Waals surface area (Å²) in [7, 11) is 3.05. The fraction of sp³-hybridized carbons (Fsp3) is 0.467. The van der Waals surface area contributed by atoms with E-state index in [1.165, 1.54) is 18.4 Å². The number of methoxy groups -OCH3 is 1. The molecule has 0 aliphatic carbocycles. The first-order chi connectivity index (χ1) is 10.1. The van der Waals surface area contributed by atoms with Gasteiger partial charge in [-0.1, -0.05) is 11.8 Å². The van der Waals surface area contributed by atoms with E-state index in [-0.39, 0.29) is 18.5 Å². The van der Waals surface area contributed by atoms with Crippen molar-refractivity contribution in [1.29, 1.82) is 0 Å². The van der Waals surface area contributed by atoms with Crippen LogP contribution in [0.4, 0.5) is 0 Å². The third-order valence-electron chi connectivity index (χ3n) is 2.71. The van der Waals surface area contributed by atoms with E-state index in [0.717, 1.165) is 4.88 Å². The molecule has 0 saturated carbocycles. The molecule has 1 N–H and O–H groups in total.